The topological polar surface area (TPSA) is 67.2 Å². The molecule has 1 fully saturated rings. The molecule has 2 rings (SSSR count). The summed E-state index contributed by atoms with van der Waals surface area (Å²) in [7, 11) is 1.75. The van der Waals surface area contributed by atoms with E-state index in [1.54, 1.807) is 11.7 Å². The maximum absolute atomic E-state index is 12.3. The lowest BCUT2D eigenvalue weighted by Gasteiger charge is -2.20. The number of rotatable bonds is 4. The van der Waals surface area contributed by atoms with Crippen molar-refractivity contribution in [2.45, 2.75) is 45.6 Å². The minimum Gasteiger partial charge on any atom is -0.348 e. The Morgan fingerprint density at radius 1 is 1.45 bits per heavy atom. The van der Waals surface area contributed by atoms with Gasteiger partial charge in [0.15, 0.2) is 5.69 Å². The second kappa shape index (κ2) is 7.13. The number of nitrogens with zero attached hydrogens (tertiary/aromatic N) is 3. The number of nitrogens with one attached hydrogen (secondary N) is 1. The van der Waals surface area contributed by atoms with Crippen LogP contribution in [0.15, 0.2) is 0 Å². The summed E-state index contributed by atoms with van der Waals surface area (Å²) < 4.78 is 1.59. The van der Waals surface area contributed by atoms with Crippen LogP contribution in [-0.2, 0) is 11.8 Å². The molecule has 2 heterocycles. The molecule has 1 N–H and O–H groups in total. The van der Waals surface area contributed by atoms with Crippen LogP contribution in [0.4, 0.5) is 0 Å². The number of carbonyl (C=O) groups excluding carboxylic acids is 2. The van der Waals surface area contributed by atoms with E-state index in [9.17, 15) is 9.59 Å². The highest BCUT2D eigenvalue weighted by atomic mass is 35.5. The van der Waals surface area contributed by atoms with Crippen molar-refractivity contribution in [1.82, 2.24) is 20.0 Å². The van der Waals surface area contributed by atoms with Crippen LogP contribution in [-0.4, -0.2) is 45.6 Å². The van der Waals surface area contributed by atoms with Crippen LogP contribution in [0.2, 0.25) is 5.02 Å². The van der Waals surface area contributed by atoms with Crippen LogP contribution in [0.5, 0.6) is 0 Å². The zero-order chi connectivity index (χ0) is 16.3. The molecular formula is C15H23ClN4O2. The summed E-state index contributed by atoms with van der Waals surface area (Å²) in [6.45, 7) is 5.35. The van der Waals surface area contributed by atoms with Crippen molar-refractivity contribution in [2.24, 2.45) is 7.05 Å². The molecule has 1 saturated heterocycles. The predicted octanol–water partition coefficient (Wildman–Crippen LogP) is 1.90. The van der Waals surface area contributed by atoms with Gasteiger partial charge in [-0.05, 0) is 26.2 Å². The standard InChI is InChI=1S/C15H23ClN4O2/c1-4-8-20-9-7-11(5-6-12(20)21)17-15(22)14-13(16)10(2)19(3)18-14/h11H,4-9H2,1-3H3,(H,17,22). The van der Waals surface area contributed by atoms with Gasteiger partial charge in [0.25, 0.3) is 5.91 Å². The summed E-state index contributed by atoms with van der Waals surface area (Å²) in [5.41, 5.74) is 1.01. The van der Waals surface area contributed by atoms with Crippen LogP contribution in [0.25, 0.3) is 0 Å². The minimum absolute atomic E-state index is 0.0170. The summed E-state index contributed by atoms with van der Waals surface area (Å²) >= 11 is 6.14. The number of hydrogen-bond acceptors (Lipinski definition) is 3. The minimum atomic E-state index is -0.268. The zero-order valence-corrected chi connectivity index (χ0v) is 14.1. The molecular weight excluding hydrogens is 304 g/mol. The SMILES string of the molecule is CCCN1CCC(NC(=O)c2nn(C)c(C)c2Cl)CCC1=O. The highest BCUT2D eigenvalue weighted by Crippen LogP contribution is 2.20. The van der Waals surface area contributed by atoms with E-state index in [1.807, 2.05) is 11.8 Å². The number of hydrogen-bond donors (Lipinski definition) is 1. The van der Waals surface area contributed by atoms with E-state index in [2.05, 4.69) is 17.3 Å². The highest BCUT2D eigenvalue weighted by Gasteiger charge is 2.25. The Balaban J connectivity index is 2.00. The Labute approximate surface area is 135 Å². The molecule has 22 heavy (non-hydrogen) atoms. The van der Waals surface area contributed by atoms with Gasteiger partial charge in [0.05, 0.1) is 10.7 Å². The van der Waals surface area contributed by atoms with E-state index in [0.29, 0.717) is 24.4 Å². The van der Waals surface area contributed by atoms with E-state index in [4.69, 9.17) is 11.6 Å². The molecule has 6 nitrogen and oxygen atoms in total. The van der Waals surface area contributed by atoms with E-state index >= 15 is 0 Å². The van der Waals surface area contributed by atoms with E-state index in [0.717, 1.165) is 25.1 Å². The van der Waals surface area contributed by atoms with Crippen LogP contribution < -0.4 is 5.32 Å². The molecule has 1 aromatic rings. The van der Waals surface area contributed by atoms with Gasteiger partial charge < -0.3 is 10.2 Å². The van der Waals surface area contributed by atoms with Gasteiger partial charge in [-0.25, -0.2) is 0 Å². The number of amides is 2. The van der Waals surface area contributed by atoms with Crippen molar-refractivity contribution in [3.8, 4) is 0 Å². The molecule has 0 bridgehead atoms. The fourth-order valence-electron chi connectivity index (χ4n) is 2.67. The van der Waals surface area contributed by atoms with Crippen molar-refractivity contribution in [3.63, 3.8) is 0 Å². The lowest BCUT2D eigenvalue weighted by Crippen LogP contribution is -2.36. The first-order chi connectivity index (χ1) is 10.4. The third-order valence-corrected chi connectivity index (χ3v) is 4.56. The molecule has 1 aliphatic heterocycles. The van der Waals surface area contributed by atoms with Crippen molar-refractivity contribution >= 4 is 23.4 Å². The largest absolute Gasteiger partial charge is 0.348 e. The maximum Gasteiger partial charge on any atom is 0.273 e. The Morgan fingerprint density at radius 2 is 2.18 bits per heavy atom. The molecule has 2 amide bonds. The fraction of sp³-hybridized carbons (Fsp3) is 0.667. The van der Waals surface area contributed by atoms with Crippen LogP contribution in [0.3, 0.4) is 0 Å². The molecule has 1 aliphatic rings. The maximum atomic E-state index is 12.3. The molecule has 1 atom stereocenters. The highest BCUT2D eigenvalue weighted by molar-refractivity contribution is 6.34. The average molecular weight is 327 g/mol. The predicted molar refractivity (Wildman–Crippen MR) is 84.9 cm³/mol. The fourth-order valence-corrected chi connectivity index (χ4v) is 2.91. The number of aromatic nitrogens is 2. The van der Waals surface area contributed by atoms with Gasteiger partial charge in [-0.3, -0.25) is 14.3 Å². The van der Waals surface area contributed by atoms with Gasteiger partial charge in [-0.15, -0.1) is 0 Å². The van der Waals surface area contributed by atoms with Crippen LogP contribution in [0, 0.1) is 6.92 Å². The molecule has 0 radical (unpaired) electrons. The van der Waals surface area contributed by atoms with Crippen molar-refractivity contribution in [2.75, 3.05) is 13.1 Å². The third-order valence-electron chi connectivity index (χ3n) is 4.11. The lowest BCUT2D eigenvalue weighted by molar-refractivity contribution is -0.130. The molecule has 0 aromatic carbocycles. The van der Waals surface area contributed by atoms with Gasteiger partial charge in [-0.1, -0.05) is 18.5 Å². The lowest BCUT2D eigenvalue weighted by atomic mass is 10.1. The molecule has 0 spiro atoms. The molecule has 0 aliphatic carbocycles. The first-order valence-corrected chi connectivity index (χ1v) is 8.09. The molecule has 7 heteroatoms. The van der Waals surface area contributed by atoms with E-state index in [1.165, 1.54) is 0 Å². The molecule has 1 unspecified atom stereocenters. The van der Waals surface area contributed by atoms with Gasteiger partial charge in [-0.2, -0.15) is 5.10 Å². The molecule has 1 aromatic heterocycles. The summed E-state index contributed by atoms with van der Waals surface area (Å²) in [6, 6.07) is -0.0170. The van der Waals surface area contributed by atoms with Crippen molar-refractivity contribution < 1.29 is 9.59 Å². The first kappa shape index (κ1) is 16.8. The number of aryl methyl sites for hydroxylation is 1. The quantitative estimate of drug-likeness (QED) is 0.919. The number of halogens is 1. The van der Waals surface area contributed by atoms with E-state index < -0.39 is 0 Å². The second-order valence-corrected chi connectivity index (χ2v) is 6.13. The van der Waals surface area contributed by atoms with Gasteiger partial charge in [0.2, 0.25) is 5.91 Å². The second-order valence-electron chi connectivity index (χ2n) is 5.75. The Hall–Kier alpha value is -1.56. The normalized spacial score (nSPS) is 19.2. The Bertz CT molecular complexity index is 570. The summed E-state index contributed by atoms with van der Waals surface area (Å²) in [4.78, 5) is 26.2. The molecule has 122 valence electrons. The third kappa shape index (κ3) is 3.61. The van der Waals surface area contributed by atoms with Crippen LogP contribution >= 0.6 is 11.6 Å². The number of likely N-dealkylation sites (tertiary alicyclic amines) is 1. The van der Waals surface area contributed by atoms with Crippen molar-refractivity contribution in [1.29, 1.82) is 0 Å². The first-order valence-electron chi connectivity index (χ1n) is 7.71. The van der Waals surface area contributed by atoms with Crippen LogP contribution in [0.1, 0.15) is 48.8 Å². The monoisotopic (exact) mass is 326 g/mol. The van der Waals surface area contributed by atoms with Crippen molar-refractivity contribution in [3.05, 3.63) is 16.4 Å². The van der Waals surface area contributed by atoms with Gasteiger partial charge in [0.1, 0.15) is 0 Å². The Kier molecular flexibility index (Phi) is 5.45. The van der Waals surface area contributed by atoms with Gasteiger partial charge >= 0.3 is 0 Å². The van der Waals surface area contributed by atoms with Gasteiger partial charge in [0, 0.05) is 32.6 Å². The Morgan fingerprint density at radius 3 is 2.77 bits per heavy atom. The summed E-state index contributed by atoms with van der Waals surface area (Å²) in [6.07, 6.45) is 2.85. The molecule has 0 saturated carbocycles. The smallest absolute Gasteiger partial charge is 0.273 e. The zero-order valence-electron chi connectivity index (χ0n) is 13.4. The average Bonchev–Trinajstić information content (AvgIpc) is 2.64. The summed E-state index contributed by atoms with van der Waals surface area (Å²) in [5.74, 6) is -0.0968. The summed E-state index contributed by atoms with van der Waals surface area (Å²) in [5, 5.41) is 7.50. The van der Waals surface area contributed by atoms with E-state index in [-0.39, 0.29) is 23.6 Å². The number of carbonyl (C=O) groups is 2.